The number of ether oxygens (including phenoxy) is 2. The molecule has 0 aromatic heterocycles. The Morgan fingerprint density at radius 2 is 1.62 bits per heavy atom. The lowest BCUT2D eigenvalue weighted by molar-refractivity contribution is -0.112. The van der Waals surface area contributed by atoms with Gasteiger partial charge in [0.15, 0.2) is 0 Å². The van der Waals surface area contributed by atoms with Crippen LogP contribution in [0.25, 0.3) is 0 Å². The lowest BCUT2D eigenvalue weighted by Crippen LogP contribution is -2.06. The van der Waals surface area contributed by atoms with Crippen LogP contribution in [-0.4, -0.2) is 46.8 Å². The van der Waals surface area contributed by atoms with Gasteiger partial charge in [-0.2, -0.15) is 0 Å². The Kier molecular flexibility index (Phi) is 22.4. The average molecular weight is 233 g/mol. The van der Waals surface area contributed by atoms with Crippen molar-refractivity contribution in [2.75, 3.05) is 40.5 Å². The van der Waals surface area contributed by atoms with Crippen molar-refractivity contribution >= 4 is 6.29 Å². The molecule has 0 aliphatic heterocycles. The van der Waals surface area contributed by atoms with Crippen LogP contribution in [0.4, 0.5) is 0 Å². The van der Waals surface area contributed by atoms with E-state index in [1.807, 2.05) is 14.1 Å². The van der Waals surface area contributed by atoms with Gasteiger partial charge in [-0.3, -0.25) is 0 Å². The van der Waals surface area contributed by atoms with Gasteiger partial charge in [0, 0.05) is 6.61 Å². The molecule has 0 amide bonds. The minimum atomic E-state index is 0.180. The summed E-state index contributed by atoms with van der Waals surface area (Å²) in [5, 5.41) is 2.75. The van der Waals surface area contributed by atoms with E-state index in [4.69, 9.17) is 9.47 Å². The smallest absolute Gasteiger partial charge is 0.145 e. The molecule has 0 saturated carbocycles. The Hall–Kier alpha value is -0.450. The molecule has 1 N–H and O–H groups in total. The van der Waals surface area contributed by atoms with E-state index in [9.17, 15) is 4.79 Å². The summed E-state index contributed by atoms with van der Waals surface area (Å²) in [4.78, 5) is 9.85. The minimum Gasteiger partial charge on any atom is -0.379 e. The maximum Gasteiger partial charge on any atom is 0.145 e. The SMILES string of the molecule is CCCCCCOCCOCC=O.CNC. The number of carbonyl (C=O) groups is 1. The van der Waals surface area contributed by atoms with Crippen molar-refractivity contribution in [3.63, 3.8) is 0 Å². The summed E-state index contributed by atoms with van der Waals surface area (Å²) in [5.74, 6) is 0. The molecule has 0 aliphatic carbocycles. The average Bonchev–Trinajstić information content (AvgIpc) is 2.28. The Bertz CT molecular complexity index is 121. The molecule has 0 rings (SSSR count). The third-order valence-corrected chi connectivity index (χ3v) is 1.70. The third-order valence-electron chi connectivity index (χ3n) is 1.70. The van der Waals surface area contributed by atoms with Crippen molar-refractivity contribution in [2.45, 2.75) is 32.6 Å². The monoisotopic (exact) mass is 233 g/mol. The summed E-state index contributed by atoms with van der Waals surface area (Å²) < 4.78 is 10.2. The molecule has 0 bridgehead atoms. The van der Waals surface area contributed by atoms with Gasteiger partial charge >= 0.3 is 0 Å². The molecule has 0 fully saturated rings. The zero-order valence-electron chi connectivity index (χ0n) is 11.0. The second-order valence-electron chi connectivity index (χ2n) is 3.41. The second-order valence-corrected chi connectivity index (χ2v) is 3.41. The van der Waals surface area contributed by atoms with Crippen molar-refractivity contribution < 1.29 is 14.3 Å². The first-order chi connectivity index (χ1) is 7.83. The molecular formula is C12H27NO3. The van der Waals surface area contributed by atoms with Gasteiger partial charge in [0.25, 0.3) is 0 Å². The molecule has 0 aromatic rings. The van der Waals surface area contributed by atoms with Crippen LogP contribution in [-0.2, 0) is 14.3 Å². The normalized spacial score (nSPS) is 9.44. The fourth-order valence-electron chi connectivity index (χ4n) is 0.982. The van der Waals surface area contributed by atoms with Crippen LogP contribution in [0.1, 0.15) is 32.6 Å². The van der Waals surface area contributed by atoms with Gasteiger partial charge in [0.2, 0.25) is 0 Å². The van der Waals surface area contributed by atoms with Crippen LogP contribution < -0.4 is 5.32 Å². The fourth-order valence-corrected chi connectivity index (χ4v) is 0.982. The molecular weight excluding hydrogens is 206 g/mol. The number of rotatable bonds is 10. The van der Waals surface area contributed by atoms with Crippen LogP contribution in [0.3, 0.4) is 0 Å². The lowest BCUT2D eigenvalue weighted by atomic mass is 10.2. The van der Waals surface area contributed by atoms with Crippen LogP contribution in [0, 0.1) is 0 Å². The zero-order valence-corrected chi connectivity index (χ0v) is 11.0. The summed E-state index contributed by atoms with van der Waals surface area (Å²) in [6, 6.07) is 0. The van der Waals surface area contributed by atoms with Gasteiger partial charge in [0.05, 0.1) is 13.2 Å². The van der Waals surface area contributed by atoms with Crippen LogP contribution >= 0.6 is 0 Å². The van der Waals surface area contributed by atoms with Crippen LogP contribution in [0.2, 0.25) is 0 Å². The highest BCUT2D eigenvalue weighted by molar-refractivity contribution is 5.50. The summed E-state index contributed by atoms with van der Waals surface area (Å²) in [6.07, 6.45) is 5.65. The van der Waals surface area contributed by atoms with E-state index in [2.05, 4.69) is 12.2 Å². The van der Waals surface area contributed by atoms with E-state index in [0.717, 1.165) is 19.3 Å². The Morgan fingerprint density at radius 1 is 1.00 bits per heavy atom. The van der Waals surface area contributed by atoms with E-state index >= 15 is 0 Å². The van der Waals surface area contributed by atoms with Crippen molar-refractivity contribution in [1.82, 2.24) is 5.32 Å². The standard InChI is InChI=1S/C10H20O3.C2H7N/c1-2-3-4-5-7-12-9-10-13-8-6-11;1-3-2/h6H,2-5,7-10H2,1H3;3H,1-2H3. The van der Waals surface area contributed by atoms with Gasteiger partial charge in [-0.1, -0.05) is 26.2 Å². The predicted molar refractivity (Wildman–Crippen MR) is 66.8 cm³/mol. The van der Waals surface area contributed by atoms with Gasteiger partial charge in [-0.25, -0.2) is 0 Å². The summed E-state index contributed by atoms with van der Waals surface area (Å²) in [7, 11) is 3.75. The second kappa shape index (κ2) is 20.0. The number of unbranched alkanes of at least 4 members (excludes halogenated alkanes) is 3. The molecule has 4 nitrogen and oxygen atoms in total. The number of carbonyl (C=O) groups excluding carboxylic acids is 1. The van der Waals surface area contributed by atoms with Crippen molar-refractivity contribution in [3.8, 4) is 0 Å². The van der Waals surface area contributed by atoms with Gasteiger partial charge < -0.3 is 19.6 Å². The number of hydrogen-bond acceptors (Lipinski definition) is 4. The third kappa shape index (κ3) is 23.4. The van der Waals surface area contributed by atoms with E-state index in [-0.39, 0.29) is 6.61 Å². The highest BCUT2D eigenvalue weighted by atomic mass is 16.5. The Balaban J connectivity index is 0. The first-order valence-electron chi connectivity index (χ1n) is 6.01. The topological polar surface area (TPSA) is 47.6 Å². The summed E-state index contributed by atoms with van der Waals surface area (Å²) in [5.41, 5.74) is 0. The summed E-state index contributed by atoms with van der Waals surface area (Å²) >= 11 is 0. The molecule has 0 saturated heterocycles. The Morgan fingerprint density at radius 3 is 2.19 bits per heavy atom. The van der Waals surface area contributed by atoms with E-state index in [1.54, 1.807) is 0 Å². The highest BCUT2D eigenvalue weighted by Gasteiger charge is 1.89. The van der Waals surface area contributed by atoms with Crippen molar-refractivity contribution in [3.05, 3.63) is 0 Å². The first-order valence-corrected chi connectivity index (χ1v) is 6.01. The maximum atomic E-state index is 9.85. The number of aldehydes is 1. The van der Waals surface area contributed by atoms with Crippen LogP contribution in [0.5, 0.6) is 0 Å². The van der Waals surface area contributed by atoms with Crippen molar-refractivity contribution in [2.24, 2.45) is 0 Å². The molecule has 98 valence electrons. The van der Waals surface area contributed by atoms with Gasteiger partial charge in [0.1, 0.15) is 12.9 Å². The van der Waals surface area contributed by atoms with Gasteiger partial charge in [-0.05, 0) is 20.5 Å². The fraction of sp³-hybridized carbons (Fsp3) is 0.917. The molecule has 0 radical (unpaired) electrons. The summed E-state index contributed by atoms with van der Waals surface area (Å²) in [6.45, 7) is 4.30. The largest absolute Gasteiger partial charge is 0.379 e. The molecule has 0 atom stereocenters. The highest BCUT2D eigenvalue weighted by Crippen LogP contribution is 1.98. The molecule has 0 heterocycles. The van der Waals surface area contributed by atoms with Crippen molar-refractivity contribution in [1.29, 1.82) is 0 Å². The van der Waals surface area contributed by atoms with Crippen LogP contribution in [0.15, 0.2) is 0 Å². The Labute approximate surface area is 99.7 Å². The predicted octanol–water partition coefficient (Wildman–Crippen LogP) is 1.63. The van der Waals surface area contributed by atoms with E-state index in [0.29, 0.717) is 13.2 Å². The maximum absolute atomic E-state index is 9.85. The molecule has 0 unspecified atom stereocenters. The van der Waals surface area contributed by atoms with E-state index < -0.39 is 0 Å². The lowest BCUT2D eigenvalue weighted by Gasteiger charge is -2.03. The first kappa shape index (κ1) is 17.9. The number of nitrogens with one attached hydrogen (secondary N) is 1. The molecule has 0 aromatic carbocycles. The number of hydrogen-bond donors (Lipinski definition) is 1. The minimum absolute atomic E-state index is 0.180. The van der Waals surface area contributed by atoms with Gasteiger partial charge in [-0.15, -0.1) is 0 Å². The van der Waals surface area contributed by atoms with E-state index in [1.165, 1.54) is 19.3 Å². The zero-order chi connectivity index (χ0) is 12.5. The molecule has 4 heteroatoms. The molecule has 0 spiro atoms. The molecule has 16 heavy (non-hydrogen) atoms. The molecule has 0 aliphatic rings. The quantitative estimate of drug-likeness (QED) is 0.460.